The summed E-state index contributed by atoms with van der Waals surface area (Å²) in [4.78, 5) is 12.8. The molecule has 18 heavy (non-hydrogen) atoms. The normalized spacial score (nSPS) is 13.0. The van der Waals surface area contributed by atoms with Crippen LogP contribution in [-0.4, -0.2) is 36.1 Å². The molecule has 0 aromatic carbocycles. The van der Waals surface area contributed by atoms with Crippen LogP contribution in [0.5, 0.6) is 0 Å². The molecule has 0 rings (SSSR count). The molecule has 0 saturated heterocycles. The fourth-order valence-corrected chi connectivity index (χ4v) is 1.38. The maximum absolute atomic E-state index is 10.6. The molecule has 0 aliphatic carbocycles. The molecule has 0 aliphatic rings. The molecule has 0 fully saturated rings. The Hall–Kier alpha value is -1.35. The number of allylic oxidation sites excluding steroid dienone is 3. The molecule has 102 valence electrons. The molecule has 3 heteroatoms. The van der Waals surface area contributed by atoms with E-state index >= 15 is 0 Å². The lowest BCUT2D eigenvalue weighted by atomic mass is 10.2. The van der Waals surface area contributed by atoms with Crippen LogP contribution in [0.25, 0.3) is 0 Å². The predicted molar refractivity (Wildman–Crippen MR) is 76.7 cm³/mol. The van der Waals surface area contributed by atoms with Gasteiger partial charge in [0.25, 0.3) is 0 Å². The molecule has 0 aliphatic heterocycles. The fraction of sp³-hybridized carbons (Fsp3) is 0.533. The highest BCUT2D eigenvalue weighted by Crippen LogP contribution is 1.98. The van der Waals surface area contributed by atoms with Crippen LogP contribution in [-0.2, 0) is 4.79 Å². The number of rotatable bonds is 9. The van der Waals surface area contributed by atoms with Gasteiger partial charge in [-0.15, -0.1) is 0 Å². The first kappa shape index (κ1) is 16.6. The minimum absolute atomic E-state index is 0.424. The fourth-order valence-electron chi connectivity index (χ4n) is 1.38. The Labute approximate surface area is 110 Å². The van der Waals surface area contributed by atoms with Crippen molar-refractivity contribution in [1.29, 1.82) is 0 Å². The maximum Gasteiger partial charge on any atom is 0.330 e. The van der Waals surface area contributed by atoms with Crippen molar-refractivity contribution in [2.45, 2.75) is 33.1 Å². The van der Waals surface area contributed by atoms with Gasteiger partial charge >= 0.3 is 5.97 Å². The molecule has 0 aromatic rings. The maximum atomic E-state index is 10.6. The first-order chi connectivity index (χ1) is 8.57. The molecule has 0 unspecified atom stereocenters. The number of carboxylic acids is 1. The van der Waals surface area contributed by atoms with Gasteiger partial charge in [0.2, 0.25) is 0 Å². The van der Waals surface area contributed by atoms with E-state index in [-0.39, 0.29) is 0 Å². The summed E-state index contributed by atoms with van der Waals surface area (Å²) in [5.74, 6) is -0.830. The zero-order chi connectivity index (χ0) is 13.8. The second-order valence-electron chi connectivity index (χ2n) is 4.34. The van der Waals surface area contributed by atoms with Crippen LogP contribution in [0, 0.1) is 0 Å². The highest BCUT2D eigenvalue weighted by atomic mass is 16.4. The van der Waals surface area contributed by atoms with Crippen molar-refractivity contribution in [3.8, 4) is 0 Å². The third-order valence-corrected chi connectivity index (χ3v) is 2.60. The largest absolute Gasteiger partial charge is 0.478 e. The summed E-state index contributed by atoms with van der Waals surface area (Å²) in [7, 11) is 2.06. The Bertz CT molecular complexity index is 316. The standard InChI is InChI=1S/C15H25NO2/c1-4-5-6-7-8-9-12-16(3)13-10-11-14(2)15(17)18/h5-8,11H,4,9-10,12-13H2,1-3H3,(H,17,18). The van der Waals surface area contributed by atoms with Crippen molar-refractivity contribution in [1.82, 2.24) is 4.90 Å². The van der Waals surface area contributed by atoms with Crippen LogP contribution >= 0.6 is 0 Å². The van der Waals surface area contributed by atoms with Gasteiger partial charge in [-0.05, 0) is 33.2 Å². The third-order valence-electron chi connectivity index (χ3n) is 2.60. The molecule has 1 N–H and O–H groups in total. The SMILES string of the molecule is CCC=CC=CCCN(C)CCC=C(C)C(=O)O. The number of hydrogen-bond donors (Lipinski definition) is 1. The van der Waals surface area contributed by atoms with Gasteiger partial charge in [-0.25, -0.2) is 4.79 Å². The van der Waals surface area contributed by atoms with Crippen LogP contribution in [0.3, 0.4) is 0 Å². The van der Waals surface area contributed by atoms with E-state index in [1.165, 1.54) is 0 Å². The number of carboxylic acid groups (broad SMARTS) is 1. The molecule has 0 saturated carbocycles. The van der Waals surface area contributed by atoms with E-state index in [1.807, 2.05) is 0 Å². The summed E-state index contributed by atoms with van der Waals surface area (Å²) in [6.07, 6.45) is 13.1. The lowest BCUT2D eigenvalue weighted by molar-refractivity contribution is -0.132. The Kier molecular flexibility index (Phi) is 9.97. The number of nitrogens with zero attached hydrogens (tertiary/aromatic N) is 1. The minimum Gasteiger partial charge on any atom is -0.478 e. The lowest BCUT2D eigenvalue weighted by Crippen LogP contribution is -2.20. The first-order valence-electron chi connectivity index (χ1n) is 6.48. The molecule has 0 atom stereocenters. The molecule has 0 amide bonds. The zero-order valence-electron chi connectivity index (χ0n) is 11.7. The Balaban J connectivity index is 3.69. The first-order valence-corrected chi connectivity index (χ1v) is 6.48. The summed E-state index contributed by atoms with van der Waals surface area (Å²) >= 11 is 0. The molecule has 0 aromatic heterocycles. The number of aliphatic carboxylic acids is 1. The van der Waals surface area contributed by atoms with Gasteiger partial charge in [0.1, 0.15) is 0 Å². The number of hydrogen-bond acceptors (Lipinski definition) is 2. The van der Waals surface area contributed by atoms with E-state index in [9.17, 15) is 4.79 Å². The third kappa shape index (κ3) is 9.85. The summed E-state index contributed by atoms with van der Waals surface area (Å²) in [6, 6.07) is 0. The second-order valence-corrected chi connectivity index (χ2v) is 4.34. The van der Waals surface area contributed by atoms with Crippen LogP contribution in [0.1, 0.15) is 33.1 Å². The van der Waals surface area contributed by atoms with E-state index in [4.69, 9.17) is 5.11 Å². The van der Waals surface area contributed by atoms with Crippen LogP contribution in [0.2, 0.25) is 0 Å². The monoisotopic (exact) mass is 251 g/mol. The summed E-state index contributed by atoms with van der Waals surface area (Å²) in [6.45, 7) is 5.63. The predicted octanol–water partition coefficient (Wildman–Crippen LogP) is 3.25. The van der Waals surface area contributed by atoms with Gasteiger partial charge in [-0.3, -0.25) is 0 Å². The molecule has 3 nitrogen and oxygen atoms in total. The molecular formula is C15H25NO2. The highest BCUT2D eigenvalue weighted by molar-refractivity contribution is 5.85. The Morgan fingerprint density at radius 3 is 2.39 bits per heavy atom. The smallest absolute Gasteiger partial charge is 0.330 e. The summed E-state index contributed by atoms with van der Waals surface area (Å²) < 4.78 is 0. The van der Waals surface area contributed by atoms with E-state index < -0.39 is 5.97 Å². The van der Waals surface area contributed by atoms with Crippen molar-refractivity contribution in [3.63, 3.8) is 0 Å². The Morgan fingerprint density at radius 2 is 1.78 bits per heavy atom. The van der Waals surface area contributed by atoms with Gasteiger partial charge in [0.15, 0.2) is 0 Å². The van der Waals surface area contributed by atoms with Crippen LogP contribution in [0.15, 0.2) is 36.0 Å². The number of carbonyl (C=O) groups is 1. The molecule has 0 spiro atoms. The minimum atomic E-state index is -0.830. The quantitative estimate of drug-likeness (QED) is 0.505. The summed E-state index contributed by atoms with van der Waals surface area (Å²) in [5.41, 5.74) is 0.424. The summed E-state index contributed by atoms with van der Waals surface area (Å²) in [5, 5.41) is 8.69. The van der Waals surface area contributed by atoms with Crippen molar-refractivity contribution in [2.75, 3.05) is 20.1 Å². The van der Waals surface area contributed by atoms with Crippen LogP contribution in [0.4, 0.5) is 0 Å². The van der Waals surface area contributed by atoms with Crippen molar-refractivity contribution in [3.05, 3.63) is 36.0 Å². The van der Waals surface area contributed by atoms with Crippen LogP contribution < -0.4 is 0 Å². The lowest BCUT2D eigenvalue weighted by Gasteiger charge is -2.13. The average molecular weight is 251 g/mol. The topological polar surface area (TPSA) is 40.5 Å². The van der Waals surface area contributed by atoms with Gasteiger partial charge in [0, 0.05) is 18.7 Å². The van der Waals surface area contributed by atoms with E-state index in [1.54, 1.807) is 13.0 Å². The average Bonchev–Trinajstić information content (AvgIpc) is 2.33. The Morgan fingerprint density at radius 1 is 1.17 bits per heavy atom. The highest BCUT2D eigenvalue weighted by Gasteiger charge is 1.99. The van der Waals surface area contributed by atoms with Crippen molar-refractivity contribution >= 4 is 5.97 Å². The van der Waals surface area contributed by atoms with Gasteiger partial charge in [-0.1, -0.05) is 37.3 Å². The molecular weight excluding hydrogens is 226 g/mol. The molecule has 0 heterocycles. The molecule has 0 bridgehead atoms. The van der Waals surface area contributed by atoms with Gasteiger partial charge in [-0.2, -0.15) is 0 Å². The second kappa shape index (κ2) is 10.8. The van der Waals surface area contributed by atoms with Crippen molar-refractivity contribution < 1.29 is 9.90 Å². The van der Waals surface area contributed by atoms with E-state index in [0.29, 0.717) is 5.57 Å². The van der Waals surface area contributed by atoms with Gasteiger partial charge in [0.05, 0.1) is 0 Å². The molecule has 0 radical (unpaired) electrons. The van der Waals surface area contributed by atoms with Gasteiger partial charge < -0.3 is 10.0 Å². The van der Waals surface area contributed by atoms with E-state index in [2.05, 4.69) is 43.2 Å². The zero-order valence-corrected chi connectivity index (χ0v) is 11.7. The van der Waals surface area contributed by atoms with Crippen molar-refractivity contribution in [2.24, 2.45) is 0 Å². The van der Waals surface area contributed by atoms with E-state index in [0.717, 1.165) is 32.4 Å².